The Bertz CT molecular complexity index is 1860. The molecule has 6 rings (SSSR count). The van der Waals surface area contributed by atoms with Crippen LogP contribution >= 0.6 is 11.6 Å². The zero-order valence-corrected chi connectivity index (χ0v) is 20.8. The summed E-state index contributed by atoms with van der Waals surface area (Å²) in [6.07, 6.45) is 5.09. The van der Waals surface area contributed by atoms with Gasteiger partial charge in [0.25, 0.3) is 5.91 Å². The van der Waals surface area contributed by atoms with Gasteiger partial charge < -0.3 is 19.6 Å². The van der Waals surface area contributed by atoms with Crippen molar-refractivity contribution in [2.45, 2.75) is 6.42 Å². The highest BCUT2D eigenvalue weighted by atomic mass is 35.5. The number of carbonyl (C=O) groups excluding carboxylic acids is 1. The number of H-pyrrole nitrogens is 1. The molecule has 10 heteroatoms. The summed E-state index contributed by atoms with van der Waals surface area (Å²) >= 11 is 6.14. The Hall–Kier alpha value is -4.50. The van der Waals surface area contributed by atoms with E-state index in [2.05, 4.69) is 9.98 Å². The van der Waals surface area contributed by atoms with E-state index in [9.17, 15) is 18.7 Å². The van der Waals surface area contributed by atoms with Crippen LogP contribution in [0.3, 0.4) is 0 Å². The summed E-state index contributed by atoms with van der Waals surface area (Å²) in [6.45, 7) is 0.442. The number of carbonyl (C=O) groups is 1. The molecule has 0 atom stereocenters. The van der Waals surface area contributed by atoms with Crippen molar-refractivity contribution in [2.24, 2.45) is 17.0 Å². The SMILES string of the molecule is Cn1ccc(=NC(=O)Cc2cc(F)ccc2Cl)c2c1-c1c(O)[nH]c3c1=C(N=C2)N(c1ccc(F)cc1)CC=3. The number of aliphatic imine (C=N–C) groups is 1. The number of halogens is 3. The lowest BCUT2D eigenvalue weighted by Crippen LogP contribution is -2.39. The number of aromatic nitrogens is 2. The molecule has 0 radical (unpaired) electrons. The van der Waals surface area contributed by atoms with Crippen molar-refractivity contribution in [3.8, 4) is 17.1 Å². The predicted octanol–water partition coefficient (Wildman–Crippen LogP) is 3.13. The number of benzene rings is 2. The first kappa shape index (κ1) is 23.9. The van der Waals surface area contributed by atoms with Crippen LogP contribution in [0.15, 0.2) is 64.7 Å². The van der Waals surface area contributed by atoms with E-state index < -0.39 is 11.7 Å². The molecule has 0 aliphatic carbocycles. The van der Waals surface area contributed by atoms with E-state index >= 15 is 0 Å². The smallest absolute Gasteiger partial charge is 0.250 e. The number of nitrogens with zero attached hydrogens (tertiary/aromatic N) is 4. The normalized spacial score (nSPS) is 14.2. The number of aryl methyl sites for hydroxylation is 1. The number of amides is 1. The molecule has 1 amide bonds. The monoisotopic (exact) mass is 531 g/mol. The van der Waals surface area contributed by atoms with Gasteiger partial charge in [0, 0.05) is 42.3 Å². The Labute approximate surface area is 220 Å². The number of anilines is 1. The second-order valence-corrected chi connectivity index (χ2v) is 9.41. The first-order valence-corrected chi connectivity index (χ1v) is 12.1. The van der Waals surface area contributed by atoms with Crippen molar-refractivity contribution in [1.29, 1.82) is 0 Å². The zero-order chi connectivity index (χ0) is 26.6. The van der Waals surface area contributed by atoms with Gasteiger partial charge in [0.05, 0.1) is 33.6 Å². The van der Waals surface area contributed by atoms with Crippen LogP contribution in [0.25, 0.3) is 23.2 Å². The van der Waals surface area contributed by atoms with Crippen molar-refractivity contribution in [3.05, 3.63) is 98.4 Å². The summed E-state index contributed by atoms with van der Waals surface area (Å²) in [7, 11) is 1.82. The fraction of sp³-hybridized carbons (Fsp3) is 0.107. The summed E-state index contributed by atoms with van der Waals surface area (Å²) in [5.74, 6) is -0.852. The van der Waals surface area contributed by atoms with Crippen LogP contribution in [0, 0.1) is 11.6 Å². The average molecular weight is 532 g/mol. The Balaban J connectivity index is 1.52. The molecule has 2 aromatic carbocycles. The van der Waals surface area contributed by atoms with Crippen molar-refractivity contribution in [1.82, 2.24) is 9.55 Å². The van der Waals surface area contributed by atoms with Crippen molar-refractivity contribution in [2.75, 3.05) is 11.4 Å². The van der Waals surface area contributed by atoms with Crippen molar-refractivity contribution < 1.29 is 18.7 Å². The lowest BCUT2D eigenvalue weighted by atomic mass is 10.1. The van der Waals surface area contributed by atoms with E-state index in [1.165, 1.54) is 30.3 Å². The standard InChI is InChI=1S/C28H20ClF2N5O2/c1-35-10-8-21(33-23(37)13-15-12-17(31)4-7-20(15)29)19-14-32-27-24-22(34-28(38)25(24)26(19)35)9-11-36(27)18-5-2-16(30)3-6-18/h2-10,12,14,34,38H,11,13H2,1H3. The van der Waals surface area contributed by atoms with E-state index in [0.717, 1.165) is 5.69 Å². The highest BCUT2D eigenvalue weighted by Gasteiger charge is 2.26. The fourth-order valence-corrected chi connectivity index (χ4v) is 5.03. The maximum Gasteiger partial charge on any atom is 0.250 e. The van der Waals surface area contributed by atoms with E-state index in [1.807, 2.05) is 22.6 Å². The van der Waals surface area contributed by atoms with Crippen LogP contribution in [0.5, 0.6) is 5.88 Å². The largest absolute Gasteiger partial charge is 0.494 e. The number of aromatic hydroxyl groups is 1. The molecule has 2 N–H and O–H groups in total. The number of rotatable bonds is 3. The van der Waals surface area contributed by atoms with E-state index in [0.29, 0.717) is 50.7 Å². The van der Waals surface area contributed by atoms with Gasteiger partial charge in [0.15, 0.2) is 5.88 Å². The molecule has 190 valence electrons. The summed E-state index contributed by atoms with van der Waals surface area (Å²) < 4.78 is 29.1. The number of hydrogen-bond donors (Lipinski definition) is 2. The minimum atomic E-state index is -0.514. The summed E-state index contributed by atoms with van der Waals surface area (Å²) in [6, 6.07) is 11.6. The van der Waals surface area contributed by atoms with Gasteiger partial charge in [0.1, 0.15) is 17.5 Å². The Morgan fingerprint density at radius 2 is 1.92 bits per heavy atom. The molecule has 0 bridgehead atoms. The molecule has 0 spiro atoms. The second kappa shape index (κ2) is 9.11. The number of pyridine rings is 1. The van der Waals surface area contributed by atoms with Crippen LogP contribution in [0.1, 0.15) is 11.1 Å². The fourth-order valence-electron chi connectivity index (χ4n) is 4.84. The topological polar surface area (TPSA) is 86.0 Å². The molecule has 0 fully saturated rings. The zero-order valence-electron chi connectivity index (χ0n) is 20.0. The molecule has 7 nitrogen and oxygen atoms in total. The third-order valence-corrected chi connectivity index (χ3v) is 6.96. The number of fused-ring (bicyclic) bond motifs is 2. The predicted molar refractivity (Wildman–Crippen MR) is 141 cm³/mol. The number of hydrogen-bond acceptors (Lipinski definition) is 4. The quantitative estimate of drug-likeness (QED) is 0.426. The highest BCUT2D eigenvalue weighted by molar-refractivity contribution is 6.31. The molecule has 4 aromatic rings. The molecule has 38 heavy (non-hydrogen) atoms. The molecular weight excluding hydrogens is 512 g/mol. The third kappa shape index (κ3) is 4.01. The van der Waals surface area contributed by atoms with Gasteiger partial charge >= 0.3 is 0 Å². The molecule has 2 aromatic heterocycles. The Kier molecular flexibility index (Phi) is 5.72. The van der Waals surface area contributed by atoms with Gasteiger partial charge in [-0.2, -0.15) is 0 Å². The number of aromatic amines is 1. The van der Waals surface area contributed by atoms with E-state index in [-0.39, 0.29) is 23.1 Å². The van der Waals surface area contributed by atoms with Crippen molar-refractivity contribution >= 4 is 41.3 Å². The minimum absolute atomic E-state index is 0.0536. The van der Waals surface area contributed by atoms with E-state index in [1.54, 1.807) is 30.6 Å². The summed E-state index contributed by atoms with van der Waals surface area (Å²) in [5, 5.41) is 13.0. The molecule has 2 aliphatic heterocycles. The van der Waals surface area contributed by atoms with Gasteiger partial charge in [-0.05, 0) is 60.2 Å². The van der Waals surface area contributed by atoms with Crippen LogP contribution in [0.2, 0.25) is 5.02 Å². The van der Waals surface area contributed by atoms with Crippen LogP contribution in [0.4, 0.5) is 14.5 Å². The molecule has 0 saturated heterocycles. The summed E-state index contributed by atoms with van der Waals surface area (Å²) in [5.41, 5.74) is 2.70. The maximum absolute atomic E-state index is 13.7. The number of nitrogens with one attached hydrogen (secondary N) is 1. The first-order valence-electron chi connectivity index (χ1n) is 11.7. The van der Waals surface area contributed by atoms with Gasteiger partial charge in [-0.3, -0.25) is 4.79 Å². The third-order valence-electron chi connectivity index (χ3n) is 6.59. The van der Waals surface area contributed by atoms with E-state index in [4.69, 9.17) is 16.6 Å². The molecule has 4 heterocycles. The summed E-state index contributed by atoms with van der Waals surface area (Å²) in [4.78, 5) is 26.9. The molecular formula is C28H20ClF2N5O2. The van der Waals surface area contributed by atoms with Gasteiger partial charge in [-0.15, -0.1) is 0 Å². The van der Waals surface area contributed by atoms with Crippen LogP contribution < -0.4 is 20.8 Å². The lowest BCUT2D eigenvalue weighted by Gasteiger charge is -2.25. The first-order chi connectivity index (χ1) is 18.3. The van der Waals surface area contributed by atoms with Gasteiger partial charge in [-0.1, -0.05) is 11.6 Å². The Morgan fingerprint density at radius 1 is 1.16 bits per heavy atom. The molecule has 0 unspecified atom stereocenters. The highest BCUT2D eigenvalue weighted by Crippen LogP contribution is 2.30. The average Bonchev–Trinajstić information content (AvgIpc) is 3.10. The van der Waals surface area contributed by atoms with Crippen molar-refractivity contribution in [3.63, 3.8) is 0 Å². The maximum atomic E-state index is 13.7. The van der Waals surface area contributed by atoms with Crippen LogP contribution in [-0.4, -0.2) is 33.3 Å². The van der Waals surface area contributed by atoms with Gasteiger partial charge in [-0.25, -0.2) is 18.8 Å². The van der Waals surface area contributed by atoms with Gasteiger partial charge in [0.2, 0.25) is 0 Å². The Morgan fingerprint density at radius 3 is 2.71 bits per heavy atom. The lowest BCUT2D eigenvalue weighted by molar-refractivity contribution is -0.117. The molecule has 0 saturated carbocycles. The van der Waals surface area contributed by atoms with Crippen LogP contribution in [-0.2, 0) is 18.3 Å². The second-order valence-electron chi connectivity index (χ2n) is 9.00. The molecule has 2 aliphatic rings. The minimum Gasteiger partial charge on any atom is -0.494 e.